The van der Waals surface area contributed by atoms with Crippen molar-refractivity contribution in [1.82, 2.24) is 9.55 Å². The number of aryl methyl sites for hydroxylation is 2. The van der Waals surface area contributed by atoms with Gasteiger partial charge in [-0.2, -0.15) is 0 Å². The molecule has 0 radical (unpaired) electrons. The van der Waals surface area contributed by atoms with E-state index in [1.807, 2.05) is 19.1 Å². The molecule has 0 bridgehead atoms. The monoisotopic (exact) mass is 454 g/mol. The predicted octanol–water partition coefficient (Wildman–Crippen LogP) is 3.36. The number of pyridine rings is 2. The van der Waals surface area contributed by atoms with E-state index in [4.69, 9.17) is 14.2 Å². The van der Waals surface area contributed by atoms with Crippen molar-refractivity contribution >= 4 is 25.1 Å². The van der Waals surface area contributed by atoms with Gasteiger partial charge in [-0.3, -0.25) is 13.9 Å². The fraction of sp³-hybridized carbons (Fsp3) is 0.348. The van der Waals surface area contributed by atoms with E-state index in [1.165, 1.54) is 0 Å². The molecule has 5 rings (SSSR count). The fourth-order valence-corrected chi connectivity index (χ4v) is 5.62. The fourth-order valence-electron chi connectivity index (χ4n) is 4.99. The van der Waals surface area contributed by atoms with Gasteiger partial charge >= 0.3 is 14.2 Å². The number of nitrogens with zero attached hydrogens (tertiary/aromatic N) is 2. The van der Waals surface area contributed by atoms with E-state index in [9.17, 15) is 19.0 Å². The molecule has 2 aromatic heterocycles. The van der Waals surface area contributed by atoms with Crippen LogP contribution in [0.15, 0.2) is 29.1 Å². The quantitative estimate of drug-likeness (QED) is 0.372. The van der Waals surface area contributed by atoms with Gasteiger partial charge in [-0.15, -0.1) is 0 Å². The van der Waals surface area contributed by atoms with Crippen LogP contribution in [0.2, 0.25) is 0 Å². The van der Waals surface area contributed by atoms with Crippen LogP contribution in [-0.2, 0) is 43.8 Å². The van der Waals surface area contributed by atoms with E-state index in [-0.39, 0.29) is 29.7 Å². The maximum Gasteiger partial charge on any atom is 0.344 e. The van der Waals surface area contributed by atoms with Crippen LogP contribution < -0.4 is 5.56 Å². The third-order valence-corrected chi connectivity index (χ3v) is 7.07. The highest BCUT2D eigenvalue weighted by Crippen LogP contribution is 2.45. The van der Waals surface area contributed by atoms with Crippen LogP contribution in [0, 0.1) is 6.92 Å². The summed E-state index contributed by atoms with van der Waals surface area (Å²) < 4.78 is 23.7. The molecule has 0 spiro atoms. The summed E-state index contributed by atoms with van der Waals surface area (Å²) in [5, 5.41) is 1.07. The zero-order chi connectivity index (χ0) is 22.8. The Labute approximate surface area is 184 Å². The van der Waals surface area contributed by atoms with E-state index in [1.54, 1.807) is 17.6 Å². The molecule has 2 atom stereocenters. The molecule has 32 heavy (non-hydrogen) atoms. The molecular weight excluding hydrogens is 431 g/mol. The summed E-state index contributed by atoms with van der Waals surface area (Å²) in [5.41, 5.74) is 3.83. The van der Waals surface area contributed by atoms with Crippen molar-refractivity contribution in [3.8, 4) is 11.4 Å². The molecule has 1 N–H and O–H groups in total. The Hall–Kier alpha value is -2.80. The Bertz CT molecular complexity index is 1400. The zero-order valence-electron chi connectivity index (χ0n) is 18.0. The number of esters is 1. The summed E-state index contributed by atoms with van der Waals surface area (Å²) in [6.07, 6.45) is 0.833. The molecule has 1 unspecified atom stereocenters. The van der Waals surface area contributed by atoms with Gasteiger partial charge in [-0.05, 0) is 43.5 Å². The van der Waals surface area contributed by atoms with Crippen LogP contribution in [0.3, 0.4) is 0 Å². The first kappa shape index (κ1) is 21.1. The number of rotatable bonds is 4. The normalized spacial score (nSPS) is 19.9. The van der Waals surface area contributed by atoms with Crippen LogP contribution >= 0.6 is 8.25 Å². The van der Waals surface area contributed by atoms with Gasteiger partial charge in [0.25, 0.3) is 5.56 Å². The number of ether oxygens (including phenoxy) is 1. The molecule has 8 nitrogen and oxygen atoms in total. The SMILES string of the molecule is CCc1c2c(nc3ccc(C)cc13)-c1cc3c(c(=O)n1C2)COC(=O)[C@@]3(CC)O[PH](=O)O. The van der Waals surface area contributed by atoms with Crippen molar-refractivity contribution < 1.29 is 23.5 Å². The molecule has 9 heteroatoms. The topological polar surface area (TPSA) is 108 Å². The second-order valence-electron chi connectivity index (χ2n) is 8.23. The predicted molar refractivity (Wildman–Crippen MR) is 119 cm³/mol. The maximum atomic E-state index is 13.5. The van der Waals surface area contributed by atoms with E-state index in [2.05, 4.69) is 13.0 Å². The second-order valence-corrected chi connectivity index (χ2v) is 8.97. The standard InChI is InChI=1S/C23H23N2O6P/c1-4-13-14-8-12(3)6-7-18(14)24-20-15(13)10-25-19(20)9-17-16(21(25)26)11-30-22(27)23(17,5-2)31-32(28)29/h6-9,32H,4-5,10-11H2,1-3H3,(H,28,29)/t23-/m0/s1. The van der Waals surface area contributed by atoms with Gasteiger partial charge in [-0.25, -0.2) is 9.78 Å². The Morgan fingerprint density at radius 1 is 1.25 bits per heavy atom. The number of benzene rings is 1. The van der Waals surface area contributed by atoms with Crippen molar-refractivity contribution in [3.63, 3.8) is 0 Å². The van der Waals surface area contributed by atoms with Crippen LogP contribution in [-0.4, -0.2) is 20.4 Å². The third kappa shape index (κ3) is 2.83. The van der Waals surface area contributed by atoms with Crippen LogP contribution in [0.1, 0.15) is 48.1 Å². The molecule has 0 saturated heterocycles. The smallest absolute Gasteiger partial charge is 0.344 e. The Kier molecular flexibility index (Phi) is 4.85. The number of cyclic esters (lactones) is 1. The Balaban J connectivity index is 1.82. The van der Waals surface area contributed by atoms with Gasteiger partial charge in [0.15, 0.2) is 5.60 Å². The van der Waals surface area contributed by atoms with Crippen LogP contribution in [0.5, 0.6) is 0 Å². The molecule has 166 valence electrons. The summed E-state index contributed by atoms with van der Waals surface area (Å²) in [6, 6.07) is 7.79. The van der Waals surface area contributed by atoms with Gasteiger partial charge in [0.2, 0.25) is 0 Å². The number of fused-ring (bicyclic) bond motifs is 5. The molecule has 0 saturated carbocycles. The van der Waals surface area contributed by atoms with Crippen LogP contribution in [0.25, 0.3) is 22.3 Å². The van der Waals surface area contributed by atoms with E-state index in [0.29, 0.717) is 17.9 Å². The number of aromatic nitrogens is 2. The van der Waals surface area contributed by atoms with Crippen molar-refractivity contribution in [2.24, 2.45) is 0 Å². The summed E-state index contributed by atoms with van der Waals surface area (Å²) >= 11 is 0. The lowest BCUT2D eigenvalue weighted by molar-refractivity contribution is -0.169. The van der Waals surface area contributed by atoms with Gasteiger partial charge in [0.1, 0.15) is 6.61 Å². The van der Waals surface area contributed by atoms with Crippen molar-refractivity contribution in [3.05, 3.63) is 62.4 Å². The number of carbonyl (C=O) groups is 1. The third-order valence-electron chi connectivity index (χ3n) is 6.54. The molecule has 2 aliphatic heterocycles. The van der Waals surface area contributed by atoms with Crippen LogP contribution in [0.4, 0.5) is 0 Å². The Morgan fingerprint density at radius 2 is 2.03 bits per heavy atom. The Morgan fingerprint density at radius 3 is 2.72 bits per heavy atom. The summed E-state index contributed by atoms with van der Waals surface area (Å²) in [5.74, 6) is -0.765. The molecular formula is C23H23N2O6P. The number of carbonyl (C=O) groups excluding carboxylic acids is 1. The lowest BCUT2D eigenvalue weighted by Crippen LogP contribution is -2.45. The summed E-state index contributed by atoms with van der Waals surface area (Å²) in [4.78, 5) is 40.5. The van der Waals surface area contributed by atoms with Crippen molar-refractivity contribution in [1.29, 1.82) is 0 Å². The average Bonchev–Trinajstić information content (AvgIpc) is 3.12. The molecule has 1 aromatic carbocycles. The minimum atomic E-state index is -3.48. The molecule has 0 aliphatic carbocycles. The molecule has 3 aromatic rings. The molecule has 0 amide bonds. The largest absolute Gasteiger partial charge is 0.458 e. The highest BCUT2D eigenvalue weighted by atomic mass is 31.1. The van der Waals surface area contributed by atoms with Crippen molar-refractivity contribution in [2.45, 2.75) is 52.4 Å². The van der Waals surface area contributed by atoms with E-state index >= 15 is 0 Å². The maximum absolute atomic E-state index is 13.5. The minimum Gasteiger partial charge on any atom is -0.458 e. The first-order valence-electron chi connectivity index (χ1n) is 10.6. The van der Waals surface area contributed by atoms with Gasteiger partial charge < -0.3 is 14.2 Å². The first-order chi connectivity index (χ1) is 15.3. The minimum absolute atomic E-state index is 0.0518. The van der Waals surface area contributed by atoms with Crippen molar-refractivity contribution in [2.75, 3.05) is 0 Å². The molecule has 2 aliphatic rings. The first-order valence-corrected chi connectivity index (χ1v) is 11.9. The van der Waals surface area contributed by atoms with Gasteiger partial charge in [0, 0.05) is 16.5 Å². The lowest BCUT2D eigenvalue weighted by Gasteiger charge is -2.34. The van der Waals surface area contributed by atoms with E-state index in [0.717, 1.165) is 34.0 Å². The molecule has 0 fully saturated rings. The van der Waals surface area contributed by atoms with E-state index < -0.39 is 19.8 Å². The second kappa shape index (κ2) is 7.37. The lowest BCUT2D eigenvalue weighted by atomic mass is 9.86. The molecule has 4 heterocycles. The summed E-state index contributed by atoms with van der Waals surface area (Å²) in [6.45, 7) is 5.95. The highest BCUT2D eigenvalue weighted by molar-refractivity contribution is 7.32. The number of hydrogen-bond donors (Lipinski definition) is 1. The average molecular weight is 454 g/mol. The van der Waals surface area contributed by atoms with Gasteiger partial charge in [0.05, 0.1) is 29.0 Å². The highest BCUT2D eigenvalue weighted by Gasteiger charge is 2.49. The zero-order valence-corrected chi connectivity index (χ0v) is 19.0. The summed E-state index contributed by atoms with van der Waals surface area (Å²) in [7, 11) is -3.48. The number of hydrogen-bond acceptors (Lipinski definition) is 6. The van der Waals surface area contributed by atoms with Gasteiger partial charge in [-0.1, -0.05) is 25.5 Å².